The Balaban J connectivity index is 2.46. The minimum absolute atomic E-state index is 0.179. The molecule has 84 valence electrons. The molecule has 1 aromatic carbocycles. The first kappa shape index (κ1) is 11.1. The Morgan fingerprint density at radius 2 is 1.81 bits per heavy atom. The second kappa shape index (κ2) is 4.25. The molecule has 0 atom stereocenters. The predicted octanol–water partition coefficient (Wildman–Crippen LogP) is 4.31. The van der Waals surface area contributed by atoms with Gasteiger partial charge in [-0.1, -0.05) is 51.5 Å². The van der Waals surface area contributed by atoms with Crippen LogP contribution in [0.5, 0.6) is 0 Å². The van der Waals surface area contributed by atoms with Crippen molar-refractivity contribution in [1.82, 2.24) is 4.98 Å². The fourth-order valence-electron chi connectivity index (χ4n) is 2.20. The molecule has 0 radical (unpaired) electrons. The Labute approximate surface area is 97.5 Å². The summed E-state index contributed by atoms with van der Waals surface area (Å²) in [6.07, 6.45) is 2.37. The SMILES string of the molecule is CCCC(C)(C)c1ccc2ccccc2n1. The summed E-state index contributed by atoms with van der Waals surface area (Å²) in [5.74, 6) is 0. The van der Waals surface area contributed by atoms with Crippen LogP contribution in [0.25, 0.3) is 10.9 Å². The van der Waals surface area contributed by atoms with Gasteiger partial charge >= 0.3 is 0 Å². The zero-order valence-corrected chi connectivity index (χ0v) is 10.3. The predicted molar refractivity (Wildman–Crippen MR) is 69.7 cm³/mol. The Hall–Kier alpha value is -1.37. The number of hydrogen-bond acceptors (Lipinski definition) is 1. The van der Waals surface area contributed by atoms with Crippen molar-refractivity contribution < 1.29 is 0 Å². The molecule has 0 spiro atoms. The monoisotopic (exact) mass is 213 g/mol. The third-order valence-corrected chi connectivity index (χ3v) is 3.17. The lowest BCUT2D eigenvalue weighted by Gasteiger charge is -2.23. The van der Waals surface area contributed by atoms with Crippen LogP contribution in [0, 0.1) is 0 Å². The van der Waals surface area contributed by atoms with Gasteiger partial charge < -0.3 is 0 Å². The quantitative estimate of drug-likeness (QED) is 0.740. The van der Waals surface area contributed by atoms with Gasteiger partial charge in [-0.15, -0.1) is 0 Å². The van der Waals surface area contributed by atoms with Crippen molar-refractivity contribution in [3.8, 4) is 0 Å². The molecule has 0 bridgehead atoms. The van der Waals surface area contributed by atoms with Crippen LogP contribution in [0.15, 0.2) is 36.4 Å². The molecule has 0 aliphatic rings. The van der Waals surface area contributed by atoms with E-state index in [4.69, 9.17) is 4.98 Å². The normalized spacial score (nSPS) is 11.9. The molecule has 0 amide bonds. The van der Waals surface area contributed by atoms with E-state index in [-0.39, 0.29) is 5.41 Å². The van der Waals surface area contributed by atoms with Crippen LogP contribution in [-0.2, 0) is 5.41 Å². The largest absolute Gasteiger partial charge is 0.252 e. The lowest BCUT2D eigenvalue weighted by Crippen LogP contribution is -2.18. The summed E-state index contributed by atoms with van der Waals surface area (Å²) in [6.45, 7) is 6.77. The molecule has 2 rings (SSSR count). The lowest BCUT2D eigenvalue weighted by atomic mass is 9.84. The topological polar surface area (TPSA) is 12.9 Å². The van der Waals surface area contributed by atoms with Gasteiger partial charge in [-0.25, -0.2) is 0 Å². The van der Waals surface area contributed by atoms with Crippen molar-refractivity contribution in [1.29, 1.82) is 0 Å². The van der Waals surface area contributed by atoms with Crippen molar-refractivity contribution in [2.45, 2.75) is 39.0 Å². The highest BCUT2D eigenvalue weighted by Crippen LogP contribution is 2.28. The summed E-state index contributed by atoms with van der Waals surface area (Å²) in [7, 11) is 0. The van der Waals surface area contributed by atoms with Crippen molar-refractivity contribution in [3.05, 3.63) is 42.1 Å². The van der Waals surface area contributed by atoms with Crippen LogP contribution in [0.4, 0.5) is 0 Å². The first-order valence-corrected chi connectivity index (χ1v) is 6.00. The molecule has 0 aliphatic carbocycles. The Morgan fingerprint density at radius 3 is 2.56 bits per heavy atom. The maximum absolute atomic E-state index is 4.77. The Morgan fingerprint density at radius 1 is 1.06 bits per heavy atom. The van der Waals surface area contributed by atoms with E-state index in [0.717, 1.165) is 5.52 Å². The number of fused-ring (bicyclic) bond motifs is 1. The van der Waals surface area contributed by atoms with Crippen LogP contribution in [0.3, 0.4) is 0 Å². The standard InChI is InChI=1S/C15H19N/c1-4-11-15(2,3)14-10-9-12-7-5-6-8-13(12)16-14/h5-10H,4,11H2,1-3H3. The smallest absolute Gasteiger partial charge is 0.0705 e. The van der Waals surface area contributed by atoms with Crippen molar-refractivity contribution in [2.75, 3.05) is 0 Å². The summed E-state index contributed by atoms with van der Waals surface area (Å²) in [5, 5.41) is 1.22. The molecule has 0 saturated heterocycles. The van der Waals surface area contributed by atoms with E-state index < -0.39 is 0 Å². The van der Waals surface area contributed by atoms with E-state index in [1.165, 1.54) is 23.9 Å². The van der Waals surface area contributed by atoms with Gasteiger partial charge in [0.05, 0.1) is 5.52 Å². The van der Waals surface area contributed by atoms with Crippen LogP contribution >= 0.6 is 0 Å². The third-order valence-electron chi connectivity index (χ3n) is 3.17. The van der Waals surface area contributed by atoms with E-state index in [2.05, 4.69) is 51.1 Å². The number of pyridine rings is 1. The molecular formula is C15H19N. The van der Waals surface area contributed by atoms with Gasteiger partial charge in [0.2, 0.25) is 0 Å². The molecule has 1 heteroatoms. The van der Waals surface area contributed by atoms with Crippen molar-refractivity contribution in [3.63, 3.8) is 0 Å². The van der Waals surface area contributed by atoms with Crippen LogP contribution in [-0.4, -0.2) is 4.98 Å². The Kier molecular flexibility index (Phi) is 2.95. The summed E-state index contributed by atoms with van der Waals surface area (Å²) in [5.41, 5.74) is 2.48. The number of para-hydroxylation sites is 1. The van der Waals surface area contributed by atoms with Crippen LogP contribution < -0.4 is 0 Å². The number of aromatic nitrogens is 1. The van der Waals surface area contributed by atoms with E-state index in [0.29, 0.717) is 0 Å². The molecule has 0 aliphatic heterocycles. The van der Waals surface area contributed by atoms with E-state index in [1.54, 1.807) is 0 Å². The molecular weight excluding hydrogens is 194 g/mol. The molecule has 0 N–H and O–H groups in total. The summed E-state index contributed by atoms with van der Waals surface area (Å²) in [6, 6.07) is 12.6. The highest BCUT2D eigenvalue weighted by atomic mass is 14.7. The van der Waals surface area contributed by atoms with Crippen molar-refractivity contribution >= 4 is 10.9 Å². The number of nitrogens with zero attached hydrogens (tertiary/aromatic N) is 1. The van der Waals surface area contributed by atoms with Gasteiger partial charge in [-0.3, -0.25) is 4.98 Å². The van der Waals surface area contributed by atoms with Crippen LogP contribution in [0.2, 0.25) is 0 Å². The van der Waals surface area contributed by atoms with Gasteiger partial charge in [0.15, 0.2) is 0 Å². The highest BCUT2D eigenvalue weighted by molar-refractivity contribution is 5.78. The second-order valence-corrected chi connectivity index (χ2v) is 5.02. The lowest BCUT2D eigenvalue weighted by molar-refractivity contribution is 0.461. The molecule has 0 unspecified atom stereocenters. The van der Waals surface area contributed by atoms with Crippen molar-refractivity contribution in [2.24, 2.45) is 0 Å². The molecule has 1 nitrogen and oxygen atoms in total. The highest BCUT2D eigenvalue weighted by Gasteiger charge is 2.20. The van der Waals surface area contributed by atoms with E-state index >= 15 is 0 Å². The molecule has 16 heavy (non-hydrogen) atoms. The third kappa shape index (κ3) is 2.08. The summed E-state index contributed by atoms with van der Waals surface area (Å²) >= 11 is 0. The number of rotatable bonds is 3. The number of benzene rings is 1. The summed E-state index contributed by atoms with van der Waals surface area (Å²) in [4.78, 5) is 4.77. The average molecular weight is 213 g/mol. The molecule has 0 fully saturated rings. The maximum atomic E-state index is 4.77. The summed E-state index contributed by atoms with van der Waals surface area (Å²) < 4.78 is 0. The first-order chi connectivity index (χ1) is 7.63. The van der Waals surface area contributed by atoms with E-state index in [1.807, 2.05) is 6.07 Å². The minimum Gasteiger partial charge on any atom is -0.252 e. The molecule has 0 saturated carbocycles. The van der Waals surface area contributed by atoms with Gasteiger partial charge in [-0.05, 0) is 18.6 Å². The molecule has 2 aromatic rings. The van der Waals surface area contributed by atoms with E-state index in [9.17, 15) is 0 Å². The van der Waals surface area contributed by atoms with Gasteiger partial charge in [0.25, 0.3) is 0 Å². The zero-order valence-electron chi connectivity index (χ0n) is 10.3. The minimum atomic E-state index is 0.179. The molecule has 1 heterocycles. The van der Waals surface area contributed by atoms with Gasteiger partial charge in [0.1, 0.15) is 0 Å². The van der Waals surface area contributed by atoms with Crippen LogP contribution in [0.1, 0.15) is 39.3 Å². The fraction of sp³-hybridized carbons (Fsp3) is 0.400. The maximum Gasteiger partial charge on any atom is 0.0705 e. The fourth-order valence-corrected chi connectivity index (χ4v) is 2.20. The van der Waals surface area contributed by atoms with Gasteiger partial charge in [0, 0.05) is 16.5 Å². The second-order valence-electron chi connectivity index (χ2n) is 5.02. The molecule has 1 aromatic heterocycles. The zero-order chi connectivity index (χ0) is 11.6. The Bertz CT molecular complexity index is 486. The van der Waals surface area contributed by atoms with Gasteiger partial charge in [-0.2, -0.15) is 0 Å². The number of hydrogen-bond donors (Lipinski definition) is 0. The first-order valence-electron chi connectivity index (χ1n) is 6.00. The average Bonchev–Trinajstić information content (AvgIpc) is 2.28.